The molecule has 0 radical (unpaired) electrons. The van der Waals surface area contributed by atoms with E-state index < -0.39 is 35.3 Å². The van der Waals surface area contributed by atoms with Crippen LogP contribution in [-0.2, 0) is 9.53 Å². The summed E-state index contributed by atoms with van der Waals surface area (Å²) in [4.78, 5) is 23.6. The van der Waals surface area contributed by atoms with Crippen molar-refractivity contribution in [2.75, 3.05) is 6.54 Å². The number of halogens is 2. The molecule has 2 N–H and O–H groups in total. The summed E-state index contributed by atoms with van der Waals surface area (Å²) in [6, 6.07) is 2.67. The number of hydrogen-bond donors (Lipinski definition) is 2. The molecule has 0 spiro atoms. The Balaban J connectivity index is 2.19. The van der Waals surface area contributed by atoms with Crippen LogP contribution in [0.3, 0.4) is 0 Å². The van der Waals surface area contributed by atoms with Crippen molar-refractivity contribution in [2.24, 2.45) is 0 Å². The van der Waals surface area contributed by atoms with Crippen LogP contribution in [0.4, 0.5) is 13.6 Å². The normalized spacial score (nSPS) is 21.5. The van der Waals surface area contributed by atoms with Crippen LogP contribution >= 0.6 is 0 Å². The van der Waals surface area contributed by atoms with E-state index in [4.69, 9.17) is 4.74 Å². The van der Waals surface area contributed by atoms with Crippen molar-refractivity contribution < 1.29 is 23.1 Å². The van der Waals surface area contributed by atoms with Crippen molar-refractivity contribution in [3.05, 3.63) is 35.4 Å². The Kier molecular flexibility index (Phi) is 4.87. The van der Waals surface area contributed by atoms with Crippen LogP contribution in [0, 0.1) is 11.6 Å². The molecule has 23 heavy (non-hydrogen) atoms. The lowest BCUT2D eigenvalue weighted by atomic mass is 9.85. The predicted molar refractivity (Wildman–Crippen MR) is 79.9 cm³/mol. The Morgan fingerprint density at radius 3 is 2.65 bits per heavy atom. The van der Waals surface area contributed by atoms with Crippen LogP contribution < -0.4 is 10.6 Å². The summed E-state index contributed by atoms with van der Waals surface area (Å²) in [6.45, 7) is 5.34. The Bertz CT molecular complexity index is 614. The zero-order valence-electron chi connectivity index (χ0n) is 13.3. The summed E-state index contributed by atoms with van der Waals surface area (Å²) in [5.41, 5.74) is -0.471. The lowest BCUT2D eigenvalue weighted by Crippen LogP contribution is -2.53. The van der Waals surface area contributed by atoms with E-state index in [1.165, 1.54) is 6.07 Å². The van der Waals surface area contributed by atoms with E-state index >= 15 is 0 Å². The SMILES string of the molecule is CC(C)(C)OC(=O)N[C@@H]1CNC(=O)C[C@H]1c1ccc(F)cc1F. The second-order valence-electron chi connectivity index (χ2n) is 6.53. The zero-order chi connectivity index (χ0) is 17.2. The van der Waals surface area contributed by atoms with Gasteiger partial charge in [-0.3, -0.25) is 4.79 Å². The summed E-state index contributed by atoms with van der Waals surface area (Å²) < 4.78 is 32.3. The first-order chi connectivity index (χ1) is 10.7. The molecule has 0 saturated carbocycles. The summed E-state index contributed by atoms with van der Waals surface area (Å²) in [5.74, 6) is -2.26. The van der Waals surface area contributed by atoms with E-state index in [1.807, 2.05) is 0 Å². The van der Waals surface area contributed by atoms with Crippen molar-refractivity contribution in [2.45, 2.75) is 44.8 Å². The maximum atomic E-state index is 14.0. The number of nitrogens with one attached hydrogen (secondary N) is 2. The highest BCUT2D eigenvalue weighted by Crippen LogP contribution is 2.29. The third-order valence-electron chi connectivity index (χ3n) is 3.47. The molecule has 1 aromatic rings. The largest absolute Gasteiger partial charge is 0.444 e. The summed E-state index contributed by atoms with van der Waals surface area (Å²) in [7, 11) is 0. The minimum absolute atomic E-state index is 0.00299. The van der Waals surface area contributed by atoms with E-state index in [-0.39, 0.29) is 24.4 Å². The van der Waals surface area contributed by atoms with Gasteiger partial charge in [-0.2, -0.15) is 0 Å². The molecule has 5 nitrogen and oxygen atoms in total. The number of alkyl carbamates (subject to hydrolysis) is 1. The van der Waals surface area contributed by atoms with Gasteiger partial charge in [0.15, 0.2) is 0 Å². The molecule has 1 aromatic carbocycles. The Morgan fingerprint density at radius 1 is 1.35 bits per heavy atom. The van der Waals surface area contributed by atoms with Gasteiger partial charge in [-0.05, 0) is 32.4 Å². The van der Waals surface area contributed by atoms with E-state index in [1.54, 1.807) is 20.8 Å². The summed E-state index contributed by atoms with van der Waals surface area (Å²) in [6.07, 6.45) is -0.644. The van der Waals surface area contributed by atoms with E-state index in [2.05, 4.69) is 10.6 Å². The average molecular weight is 326 g/mol. The number of rotatable bonds is 2. The molecule has 2 amide bonds. The van der Waals surface area contributed by atoms with Gasteiger partial charge in [0, 0.05) is 24.9 Å². The van der Waals surface area contributed by atoms with Crippen LogP contribution in [0.5, 0.6) is 0 Å². The van der Waals surface area contributed by atoms with Crippen LogP contribution in [0.2, 0.25) is 0 Å². The molecule has 0 aromatic heterocycles. The number of carbonyl (C=O) groups excluding carboxylic acids is 2. The van der Waals surface area contributed by atoms with Crippen LogP contribution in [0.15, 0.2) is 18.2 Å². The molecule has 1 saturated heterocycles. The topological polar surface area (TPSA) is 67.4 Å². The minimum Gasteiger partial charge on any atom is -0.444 e. The highest BCUT2D eigenvalue weighted by molar-refractivity contribution is 5.79. The number of piperidine rings is 1. The van der Waals surface area contributed by atoms with Gasteiger partial charge in [0.1, 0.15) is 17.2 Å². The number of carbonyl (C=O) groups is 2. The Labute approximate surface area is 133 Å². The monoisotopic (exact) mass is 326 g/mol. The van der Waals surface area contributed by atoms with Crippen molar-refractivity contribution >= 4 is 12.0 Å². The first kappa shape index (κ1) is 17.2. The molecule has 1 fully saturated rings. The summed E-state index contributed by atoms with van der Waals surface area (Å²) >= 11 is 0. The average Bonchev–Trinajstić information content (AvgIpc) is 2.39. The van der Waals surface area contributed by atoms with Crippen molar-refractivity contribution in [3.63, 3.8) is 0 Å². The third-order valence-corrected chi connectivity index (χ3v) is 3.47. The molecule has 2 atom stereocenters. The zero-order valence-corrected chi connectivity index (χ0v) is 13.3. The van der Waals surface area contributed by atoms with Gasteiger partial charge in [-0.1, -0.05) is 6.07 Å². The van der Waals surface area contributed by atoms with Gasteiger partial charge in [-0.25, -0.2) is 13.6 Å². The molecule has 0 bridgehead atoms. The minimum atomic E-state index is -0.735. The fourth-order valence-electron chi connectivity index (χ4n) is 2.52. The molecule has 7 heteroatoms. The molecule has 1 aliphatic heterocycles. The van der Waals surface area contributed by atoms with Gasteiger partial charge >= 0.3 is 6.09 Å². The van der Waals surface area contributed by atoms with Crippen LogP contribution in [0.25, 0.3) is 0 Å². The van der Waals surface area contributed by atoms with Crippen LogP contribution in [-0.4, -0.2) is 30.2 Å². The number of hydrogen-bond acceptors (Lipinski definition) is 3. The van der Waals surface area contributed by atoms with Crippen molar-refractivity contribution in [1.82, 2.24) is 10.6 Å². The van der Waals surface area contributed by atoms with Gasteiger partial charge < -0.3 is 15.4 Å². The van der Waals surface area contributed by atoms with Crippen molar-refractivity contribution in [3.8, 4) is 0 Å². The first-order valence-corrected chi connectivity index (χ1v) is 7.37. The van der Waals surface area contributed by atoms with Gasteiger partial charge in [-0.15, -0.1) is 0 Å². The summed E-state index contributed by atoms with van der Waals surface area (Å²) in [5, 5.41) is 5.28. The van der Waals surface area contributed by atoms with E-state index in [0.29, 0.717) is 0 Å². The number of ether oxygens (including phenoxy) is 1. The van der Waals surface area contributed by atoms with Gasteiger partial charge in [0.25, 0.3) is 0 Å². The Hall–Kier alpha value is -2.18. The van der Waals surface area contributed by atoms with E-state index in [9.17, 15) is 18.4 Å². The van der Waals surface area contributed by atoms with Gasteiger partial charge in [0.05, 0.1) is 6.04 Å². The molecule has 0 aliphatic carbocycles. The molecule has 126 valence electrons. The highest BCUT2D eigenvalue weighted by Gasteiger charge is 2.34. The van der Waals surface area contributed by atoms with E-state index in [0.717, 1.165) is 12.1 Å². The quantitative estimate of drug-likeness (QED) is 0.877. The highest BCUT2D eigenvalue weighted by atomic mass is 19.1. The number of amides is 2. The molecule has 1 heterocycles. The fourth-order valence-corrected chi connectivity index (χ4v) is 2.52. The smallest absolute Gasteiger partial charge is 0.407 e. The molecular formula is C16H20F2N2O3. The standard InChI is InChI=1S/C16H20F2N2O3/c1-16(2,3)23-15(22)20-13-8-19-14(21)7-11(13)10-5-4-9(17)6-12(10)18/h4-6,11,13H,7-8H2,1-3H3,(H,19,21)(H,20,22)/t11-,13+/m0/s1. The molecule has 2 rings (SSSR count). The lowest BCUT2D eigenvalue weighted by Gasteiger charge is -2.33. The second-order valence-corrected chi connectivity index (χ2v) is 6.53. The Morgan fingerprint density at radius 2 is 2.04 bits per heavy atom. The number of benzene rings is 1. The molecular weight excluding hydrogens is 306 g/mol. The first-order valence-electron chi connectivity index (χ1n) is 7.37. The van der Waals surface area contributed by atoms with Gasteiger partial charge in [0.2, 0.25) is 5.91 Å². The third kappa shape index (κ3) is 4.64. The lowest BCUT2D eigenvalue weighted by molar-refractivity contribution is -0.123. The van der Waals surface area contributed by atoms with Crippen LogP contribution in [0.1, 0.15) is 38.7 Å². The maximum Gasteiger partial charge on any atom is 0.407 e. The maximum absolute atomic E-state index is 14.0. The molecule has 0 unspecified atom stereocenters. The molecule has 1 aliphatic rings. The fraction of sp³-hybridized carbons (Fsp3) is 0.500. The predicted octanol–water partition coefficient (Wildman–Crippen LogP) is 2.46. The van der Waals surface area contributed by atoms with Crippen molar-refractivity contribution in [1.29, 1.82) is 0 Å². The second kappa shape index (κ2) is 6.52.